The van der Waals surface area contributed by atoms with Gasteiger partial charge in [0.25, 0.3) is 0 Å². The molecule has 0 aliphatic heterocycles. The minimum Gasteiger partial charge on any atom is -0.328 e. The molecule has 0 aliphatic rings. The molecule has 1 aromatic heterocycles. The second-order valence-electron chi connectivity index (χ2n) is 5.03. The van der Waals surface area contributed by atoms with E-state index in [1.54, 1.807) is 0 Å². The van der Waals surface area contributed by atoms with Gasteiger partial charge in [-0.15, -0.1) is 0 Å². The maximum atomic E-state index is 4.52. The highest BCUT2D eigenvalue weighted by Gasteiger charge is 2.13. The molecule has 0 saturated heterocycles. The molecule has 0 fully saturated rings. The second kappa shape index (κ2) is 4.36. The normalized spacial score (nSPS) is 11.2. The number of imidazole rings is 1. The molecule has 0 radical (unpaired) electrons. The van der Waals surface area contributed by atoms with Crippen LogP contribution in [-0.4, -0.2) is 9.55 Å². The number of hydrogen-bond acceptors (Lipinski definition) is 1. The fraction of sp³-hybridized carbons (Fsp3) is 0.400. The van der Waals surface area contributed by atoms with Crippen LogP contribution >= 0.6 is 0 Å². The van der Waals surface area contributed by atoms with Gasteiger partial charge < -0.3 is 4.57 Å². The van der Waals surface area contributed by atoms with Gasteiger partial charge in [0.15, 0.2) is 0 Å². The van der Waals surface area contributed by atoms with E-state index in [1.165, 1.54) is 22.3 Å². The van der Waals surface area contributed by atoms with Crippen LogP contribution in [0.3, 0.4) is 0 Å². The van der Waals surface area contributed by atoms with E-state index in [4.69, 9.17) is 0 Å². The average Bonchev–Trinajstić information content (AvgIpc) is 2.64. The number of nitrogens with zero attached hydrogens (tertiary/aromatic N) is 2. The Balaban J connectivity index is 2.64. The summed E-state index contributed by atoms with van der Waals surface area (Å²) in [6.07, 6.45) is 3.94. The smallest absolute Gasteiger partial charge is 0.140 e. The van der Waals surface area contributed by atoms with Crippen LogP contribution in [0.1, 0.15) is 36.6 Å². The highest BCUT2D eigenvalue weighted by molar-refractivity contribution is 5.65. The van der Waals surface area contributed by atoms with Gasteiger partial charge in [-0.3, -0.25) is 0 Å². The monoisotopic (exact) mass is 228 g/mol. The van der Waals surface area contributed by atoms with Crippen molar-refractivity contribution in [1.29, 1.82) is 0 Å². The molecule has 2 rings (SSSR count). The Morgan fingerprint density at radius 3 is 2.18 bits per heavy atom. The first-order valence-corrected chi connectivity index (χ1v) is 6.11. The highest BCUT2D eigenvalue weighted by Crippen LogP contribution is 2.28. The van der Waals surface area contributed by atoms with Gasteiger partial charge in [-0.1, -0.05) is 17.7 Å². The Hall–Kier alpha value is -1.57. The van der Waals surface area contributed by atoms with Crippen LogP contribution in [0.2, 0.25) is 0 Å². The van der Waals surface area contributed by atoms with Gasteiger partial charge in [-0.05, 0) is 45.7 Å². The first kappa shape index (κ1) is 11.9. The molecule has 0 spiro atoms. The molecule has 17 heavy (non-hydrogen) atoms. The fourth-order valence-corrected chi connectivity index (χ4v) is 2.46. The number of hydrogen-bond donors (Lipinski definition) is 0. The third-order valence-corrected chi connectivity index (χ3v) is 3.13. The van der Waals surface area contributed by atoms with Gasteiger partial charge in [-0.25, -0.2) is 4.98 Å². The first-order valence-electron chi connectivity index (χ1n) is 6.11. The molecule has 2 nitrogen and oxygen atoms in total. The molecule has 90 valence electrons. The Labute approximate surface area is 103 Å². The van der Waals surface area contributed by atoms with E-state index >= 15 is 0 Å². The molecular formula is C15H20N2. The van der Waals surface area contributed by atoms with Crippen molar-refractivity contribution in [3.63, 3.8) is 0 Å². The molecule has 2 heteroatoms. The summed E-state index contributed by atoms with van der Waals surface area (Å²) in [6.45, 7) is 10.8. The summed E-state index contributed by atoms with van der Waals surface area (Å²) in [4.78, 5) is 4.52. The minimum absolute atomic E-state index is 0.438. The summed E-state index contributed by atoms with van der Waals surface area (Å²) in [5.41, 5.74) is 5.19. The van der Waals surface area contributed by atoms with E-state index in [0.29, 0.717) is 6.04 Å². The molecule has 1 heterocycles. The summed E-state index contributed by atoms with van der Waals surface area (Å²) in [7, 11) is 0. The fourth-order valence-electron chi connectivity index (χ4n) is 2.46. The van der Waals surface area contributed by atoms with Crippen molar-refractivity contribution in [2.24, 2.45) is 0 Å². The van der Waals surface area contributed by atoms with Gasteiger partial charge in [-0.2, -0.15) is 0 Å². The van der Waals surface area contributed by atoms with E-state index in [9.17, 15) is 0 Å². The molecule has 2 aromatic rings. The Morgan fingerprint density at radius 1 is 1.06 bits per heavy atom. The minimum atomic E-state index is 0.438. The van der Waals surface area contributed by atoms with E-state index in [-0.39, 0.29) is 0 Å². The molecule has 0 saturated carbocycles. The maximum absolute atomic E-state index is 4.52. The predicted octanol–water partition coefficient (Wildman–Crippen LogP) is 4.06. The van der Waals surface area contributed by atoms with Gasteiger partial charge in [0.05, 0.1) is 0 Å². The highest BCUT2D eigenvalue weighted by atomic mass is 15.1. The average molecular weight is 228 g/mol. The topological polar surface area (TPSA) is 17.8 Å². The molecule has 0 unspecified atom stereocenters. The number of benzene rings is 1. The van der Waals surface area contributed by atoms with E-state index in [0.717, 1.165) is 5.82 Å². The lowest BCUT2D eigenvalue weighted by Crippen LogP contribution is -2.04. The molecule has 0 bridgehead atoms. The van der Waals surface area contributed by atoms with Crippen molar-refractivity contribution in [2.75, 3.05) is 0 Å². The zero-order chi connectivity index (χ0) is 12.6. The molecular weight excluding hydrogens is 208 g/mol. The van der Waals surface area contributed by atoms with Crippen LogP contribution in [0.5, 0.6) is 0 Å². The van der Waals surface area contributed by atoms with Crippen LogP contribution in [0.25, 0.3) is 11.4 Å². The standard InChI is InChI=1S/C15H20N2/c1-10(2)17-7-6-16-15(17)14-12(4)8-11(3)9-13(14)5/h6-10H,1-5H3. The Morgan fingerprint density at radius 2 is 1.65 bits per heavy atom. The van der Waals surface area contributed by atoms with Crippen LogP contribution in [0.15, 0.2) is 24.5 Å². The van der Waals surface area contributed by atoms with Crippen molar-refractivity contribution < 1.29 is 0 Å². The van der Waals surface area contributed by atoms with E-state index in [1.807, 2.05) is 6.20 Å². The summed E-state index contributed by atoms with van der Waals surface area (Å²) in [6, 6.07) is 4.89. The zero-order valence-corrected chi connectivity index (χ0v) is 11.3. The molecule has 0 atom stereocenters. The van der Waals surface area contributed by atoms with Crippen molar-refractivity contribution in [3.8, 4) is 11.4 Å². The quantitative estimate of drug-likeness (QED) is 0.758. The van der Waals surface area contributed by atoms with Crippen LogP contribution in [0.4, 0.5) is 0 Å². The lowest BCUT2D eigenvalue weighted by atomic mass is 9.99. The molecule has 0 aliphatic carbocycles. The molecule has 1 aromatic carbocycles. The van der Waals surface area contributed by atoms with Crippen molar-refractivity contribution in [3.05, 3.63) is 41.2 Å². The summed E-state index contributed by atoms with van der Waals surface area (Å²) < 4.78 is 2.23. The van der Waals surface area contributed by atoms with E-state index in [2.05, 4.69) is 62.5 Å². The van der Waals surface area contributed by atoms with Gasteiger partial charge in [0.1, 0.15) is 5.82 Å². The third kappa shape index (κ3) is 2.12. The third-order valence-electron chi connectivity index (χ3n) is 3.13. The zero-order valence-electron chi connectivity index (χ0n) is 11.3. The Kier molecular flexibility index (Phi) is 3.05. The van der Waals surface area contributed by atoms with Crippen LogP contribution in [0, 0.1) is 20.8 Å². The van der Waals surface area contributed by atoms with Crippen LogP contribution < -0.4 is 0 Å². The summed E-state index contributed by atoms with van der Waals surface area (Å²) in [5.74, 6) is 1.08. The van der Waals surface area contributed by atoms with Crippen molar-refractivity contribution >= 4 is 0 Å². The largest absolute Gasteiger partial charge is 0.328 e. The van der Waals surface area contributed by atoms with Gasteiger partial charge in [0, 0.05) is 24.0 Å². The summed E-state index contributed by atoms with van der Waals surface area (Å²) >= 11 is 0. The van der Waals surface area contributed by atoms with Crippen molar-refractivity contribution in [1.82, 2.24) is 9.55 Å². The summed E-state index contributed by atoms with van der Waals surface area (Å²) in [5, 5.41) is 0. The van der Waals surface area contributed by atoms with Gasteiger partial charge >= 0.3 is 0 Å². The SMILES string of the molecule is Cc1cc(C)c(-c2nccn2C(C)C)c(C)c1. The lowest BCUT2D eigenvalue weighted by molar-refractivity contribution is 0.606. The number of rotatable bonds is 2. The Bertz CT molecular complexity index is 513. The maximum Gasteiger partial charge on any atom is 0.140 e. The number of aryl methyl sites for hydroxylation is 3. The number of aromatic nitrogens is 2. The molecule has 0 amide bonds. The molecule has 0 N–H and O–H groups in total. The van der Waals surface area contributed by atoms with Gasteiger partial charge in [0.2, 0.25) is 0 Å². The lowest BCUT2D eigenvalue weighted by Gasteiger charge is -2.15. The van der Waals surface area contributed by atoms with E-state index < -0.39 is 0 Å². The van der Waals surface area contributed by atoms with Crippen molar-refractivity contribution in [2.45, 2.75) is 40.7 Å². The first-order chi connectivity index (χ1) is 8.00. The predicted molar refractivity (Wildman–Crippen MR) is 72.3 cm³/mol. The van der Waals surface area contributed by atoms with Crippen LogP contribution in [-0.2, 0) is 0 Å². The second-order valence-corrected chi connectivity index (χ2v) is 5.03.